The zero-order valence-electron chi connectivity index (χ0n) is 13.5. The topological polar surface area (TPSA) is 30.5 Å². The van der Waals surface area contributed by atoms with Crippen LogP contribution in [0.4, 0.5) is 5.69 Å². The van der Waals surface area contributed by atoms with Gasteiger partial charge < -0.3 is 14.8 Å². The lowest BCUT2D eigenvalue weighted by atomic mass is 10.1. The molecule has 0 unspecified atom stereocenters. The molecule has 0 saturated carbocycles. The number of anilines is 1. The fourth-order valence-electron chi connectivity index (χ4n) is 2.17. The van der Waals surface area contributed by atoms with Crippen LogP contribution >= 0.6 is 0 Å². The molecule has 3 nitrogen and oxygen atoms in total. The highest BCUT2D eigenvalue weighted by Crippen LogP contribution is 2.18. The number of ether oxygens (including phenoxy) is 2. The maximum Gasteiger partial charge on any atom is 0.121 e. The van der Waals surface area contributed by atoms with Gasteiger partial charge in [-0.1, -0.05) is 31.5 Å². The molecule has 0 heterocycles. The van der Waals surface area contributed by atoms with E-state index in [-0.39, 0.29) is 0 Å². The van der Waals surface area contributed by atoms with Crippen molar-refractivity contribution in [2.24, 2.45) is 0 Å². The Morgan fingerprint density at radius 3 is 2.55 bits per heavy atom. The van der Waals surface area contributed by atoms with Crippen molar-refractivity contribution in [1.29, 1.82) is 0 Å². The monoisotopic (exact) mass is 299 g/mol. The van der Waals surface area contributed by atoms with Crippen LogP contribution in [0.3, 0.4) is 0 Å². The van der Waals surface area contributed by atoms with Crippen molar-refractivity contribution < 1.29 is 9.47 Å². The molecule has 0 aliphatic carbocycles. The van der Waals surface area contributed by atoms with Gasteiger partial charge in [-0.25, -0.2) is 0 Å². The highest BCUT2D eigenvalue weighted by atomic mass is 16.5. The fourth-order valence-corrected chi connectivity index (χ4v) is 2.17. The molecule has 0 fully saturated rings. The number of methoxy groups -OCH3 is 1. The minimum atomic E-state index is 0.784. The number of hydrogen-bond acceptors (Lipinski definition) is 3. The lowest BCUT2D eigenvalue weighted by Gasteiger charge is -2.10. The molecule has 0 aliphatic rings. The number of unbranched alkanes of at least 4 members (excludes halogenated alkanes) is 1. The highest BCUT2D eigenvalue weighted by molar-refractivity contribution is 5.48. The van der Waals surface area contributed by atoms with Gasteiger partial charge in [-0.3, -0.25) is 0 Å². The van der Waals surface area contributed by atoms with E-state index in [0.29, 0.717) is 0 Å². The predicted octanol–water partition coefficient (Wildman–Crippen LogP) is 4.53. The van der Waals surface area contributed by atoms with Gasteiger partial charge in [-0.15, -0.1) is 0 Å². The minimum absolute atomic E-state index is 0.784. The van der Waals surface area contributed by atoms with E-state index < -0.39 is 0 Å². The van der Waals surface area contributed by atoms with E-state index in [1.807, 2.05) is 24.3 Å². The van der Waals surface area contributed by atoms with Crippen molar-refractivity contribution in [3.05, 3.63) is 54.1 Å². The average molecular weight is 299 g/mol. The summed E-state index contributed by atoms with van der Waals surface area (Å²) >= 11 is 0. The van der Waals surface area contributed by atoms with Gasteiger partial charge in [-0.2, -0.15) is 0 Å². The fraction of sp³-hybridized carbons (Fsp3) is 0.368. The molecule has 0 bridgehead atoms. The standard InChI is InChI=1S/C19H25NO2/c1-3-4-14-22-19-7-5-6-17(15-19)20-13-12-16-8-10-18(21-2)11-9-16/h5-11,15,20H,3-4,12-14H2,1-2H3. The van der Waals surface area contributed by atoms with Crippen molar-refractivity contribution >= 4 is 5.69 Å². The van der Waals surface area contributed by atoms with Crippen LogP contribution in [0.2, 0.25) is 0 Å². The average Bonchev–Trinajstić information content (AvgIpc) is 2.56. The Morgan fingerprint density at radius 1 is 1.00 bits per heavy atom. The lowest BCUT2D eigenvalue weighted by Crippen LogP contribution is -2.05. The Labute approximate surface area is 133 Å². The van der Waals surface area contributed by atoms with Gasteiger partial charge >= 0.3 is 0 Å². The van der Waals surface area contributed by atoms with Gasteiger partial charge in [0, 0.05) is 18.3 Å². The molecule has 2 aromatic rings. The summed E-state index contributed by atoms with van der Waals surface area (Å²) in [6, 6.07) is 16.4. The Kier molecular flexibility index (Phi) is 6.62. The second kappa shape index (κ2) is 8.98. The largest absolute Gasteiger partial charge is 0.497 e. The number of nitrogens with one attached hydrogen (secondary N) is 1. The lowest BCUT2D eigenvalue weighted by molar-refractivity contribution is 0.309. The maximum atomic E-state index is 5.72. The summed E-state index contributed by atoms with van der Waals surface area (Å²) in [7, 11) is 1.69. The van der Waals surface area contributed by atoms with E-state index in [4.69, 9.17) is 9.47 Å². The van der Waals surface area contributed by atoms with Crippen molar-refractivity contribution in [1.82, 2.24) is 0 Å². The van der Waals surface area contributed by atoms with Crippen LogP contribution in [-0.2, 0) is 6.42 Å². The first-order chi connectivity index (χ1) is 10.8. The van der Waals surface area contributed by atoms with E-state index in [1.54, 1.807) is 7.11 Å². The Hall–Kier alpha value is -2.16. The van der Waals surface area contributed by atoms with Crippen LogP contribution in [0.5, 0.6) is 11.5 Å². The second-order valence-corrected chi connectivity index (χ2v) is 5.25. The molecule has 0 amide bonds. The zero-order valence-corrected chi connectivity index (χ0v) is 13.5. The van der Waals surface area contributed by atoms with Crippen LogP contribution in [0, 0.1) is 0 Å². The summed E-state index contributed by atoms with van der Waals surface area (Å²) in [5.74, 6) is 1.83. The first-order valence-electron chi connectivity index (χ1n) is 7.91. The summed E-state index contributed by atoms with van der Waals surface area (Å²) in [6.07, 6.45) is 3.22. The van der Waals surface area contributed by atoms with E-state index in [2.05, 4.69) is 36.5 Å². The molecule has 0 atom stereocenters. The van der Waals surface area contributed by atoms with Crippen LogP contribution in [0.1, 0.15) is 25.3 Å². The third-order valence-electron chi connectivity index (χ3n) is 3.50. The van der Waals surface area contributed by atoms with E-state index in [9.17, 15) is 0 Å². The molecule has 0 saturated heterocycles. The third kappa shape index (κ3) is 5.32. The first-order valence-corrected chi connectivity index (χ1v) is 7.91. The Morgan fingerprint density at radius 2 is 1.82 bits per heavy atom. The number of benzene rings is 2. The molecule has 1 N–H and O–H groups in total. The van der Waals surface area contributed by atoms with Gasteiger partial charge in [0.05, 0.1) is 13.7 Å². The van der Waals surface area contributed by atoms with E-state index in [1.165, 1.54) is 5.56 Å². The molecule has 0 spiro atoms. The van der Waals surface area contributed by atoms with Gasteiger partial charge in [0.2, 0.25) is 0 Å². The molecule has 0 radical (unpaired) electrons. The van der Waals surface area contributed by atoms with Gasteiger partial charge in [0.1, 0.15) is 11.5 Å². The summed E-state index contributed by atoms with van der Waals surface area (Å²) in [5.41, 5.74) is 2.39. The van der Waals surface area contributed by atoms with Gasteiger partial charge in [0.15, 0.2) is 0 Å². The van der Waals surface area contributed by atoms with Crippen LogP contribution in [-0.4, -0.2) is 20.3 Å². The van der Waals surface area contributed by atoms with Crippen LogP contribution in [0.15, 0.2) is 48.5 Å². The SMILES string of the molecule is CCCCOc1cccc(NCCc2ccc(OC)cc2)c1. The van der Waals surface area contributed by atoms with Gasteiger partial charge in [-0.05, 0) is 42.7 Å². The highest BCUT2D eigenvalue weighted by Gasteiger charge is 1.98. The predicted molar refractivity (Wildman–Crippen MR) is 92.0 cm³/mol. The molecular formula is C19H25NO2. The van der Waals surface area contributed by atoms with Crippen LogP contribution in [0.25, 0.3) is 0 Å². The summed E-state index contributed by atoms with van der Waals surface area (Å²) in [5, 5.41) is 3.44. The molecule has 22 heavy (non-hydrogen) atoms. The van der Waals surface area contributed by atoms with Crippen molar-refractivity contribution in [3.63, 3.8) is 0 Å². The smallest absolute Gasteiger partial charge is 0.121 e. The molecule has 2 rings (SSSR count). The Balaban J connectivity index is 1.79. The minimum Gasteiger partial charge on any atom is -0.497 e. The summed E-state index contributed by atoms with van der Waals surface area (Å²) < 4.78 is 10.9. The normalized spacial score (nSPS) is 10.3. The van der Waals surface area contributed by atoms with Crippen molar-refractivity contribution in [3.8, 4) is 11.5 Å². The number of hydrogen-bond donors (Lipinski definition) is 1. The summed E-state index contributed by atoms with van der Waals surface area (Å²) in [6.45, 7) is 3.84. The van der Waals surface area contributed by atoms with E-state index >= 15 is 0 Å². The van der Waals surface area contributed by atoms with E-state index in [0.717, 1.165) is 49.6 Å². The first kappa shape index (κ1) is 16.2. The van der Waals surface area contributed by atoms with Crippen molar-refractivity contribution in [2.75, 3.05) is 25.6 Å². The molecule has 0 aromatic heterocycles. The molecule has 2 aromatic carbocycles. The molecule has 118 valence electrons. The molecule has 0 aliphatic heterocycles. The quantitative estimate of drug-likeness (QED) is 0.690. The molecular weight excluding hydrogens is 274 g/mol. The van der Waals surface area contributed by atoms with Crippen molar-refractivity contribution in [2.45, 2.75) is 26.2 Å². The summed E-state index contributed by atoms with van der Waals surface area (Å²) in [4.78, 5) is 0. The van der Waals surface area contributed by atoms with Gasteiger partial charge in [0.25, 0.3) is 0 Å². The zero-order chi connectivity index (χ0) is 15.6. The molecule has 3 heteroatoms. The van der Waals surface area contributed by atoms with Crippen LogP contribution < -0.4 is 14.8 Å². The Bertz CT molecular complexity index is 552. The second-order valence-electron chi connectivity index (χ2n) is 5.25. The maximum absolute atomic E-state index is 5.72. The third-order valence-corrected chi connectivity index (χ3v) is 3.50. The number of rotatable bonds is 9.